The molecule has 2 aliphatic heterocycles. The Labute approximate surface area is 124 Å². The van der Waals surface area contributed by atoms with Crippen LogP contribution >= 0.6 is 11.3 Å². The summed E-state index contributed by atoms with van der Waals surface area (Å²) < 4.78 is 5.69. The molecule has 0 aromatic carbocycles. The van der Waals surface area contributed by atoms with Gasteiger partial charge in [-0.3, -0.25) is 4.79 Å². The van der Waals surface area contributed by atoms with Crippen LogP contribution in [-0.4, -0.2) is 49.2 Å². The highest BCUT2D eigenvalue weighted by atomic mass is 32.1. The lowest BCUT2D eigenvalue weighted by molar-refractivity contribution is 0.0613. The van der Waals surface area contributed by atoms with Gasteiger partial charge >= 0.3 is 0 Å². The van der Waals surface area contributed by atoms with Crippen molar-refractivity contribution in [3.05, 3.63) is 22.4 Å². The molecule has 1 unspecified atom stereocenters. The summed E-state index contributed by atoms with van der Waals surface area (Å²) in [4.78, 5) is 14.5. The molecule has 1 amide bonds. The van der Waals surface area contributed by atoms with Gasteiger partial charge in [0.2, 0.25) is 0 Å². The molecule has 20 heavy (non-hydrogen) atoms. The van der Waals surface area contributed by atoms with E-state index in [1.807, 2.05) is 16.8 Å². The second kappa shape index (κ2) is 6.70. The molecule has 4 nitrogen and oxygen atoms in total. The largest absolute Gasteiger partial charge is 0.377 e. The van der Waals surface area contributed by atoms with Crippen LogP contribution in [0, 0.1) is 0 Å². The molecular formula is C15H22N2O2S. The Hall–Kier alpha value is -0.910. The second-order valence-corrected chi connectivity index (χ2v) is 6.48. The van der Waals surface area contributed by atoms with Gasteiger partial charge in [0.15, 0.2) is 0 Å². The quantitative estimate of drug-likeness (QED) is 0.925. The summed E-state index contributed by atoms with van der Waals surface area (Å²) in [5.74, 6) is 0.0730. The zero-order valence-corrected chi connectivity index (χ0v) is 12.5. The standard InChI is InChI=1S/C15H22N2O2S/c18-15(12-5-9-20-11-12)16-13-3-6-17(7-4-13)10-14-2-1-8-19-14/h5,9,11,13-14H,1-4,6-8,10H2,(H,16,18). The fourth-order valence-electron chi connectivity index (χ4n) is 3.00. The maximum atomic E-state index is 12.0. The average Bonchev–Trinajstić information content (AvgIpc) is 3.13. The smallest absolute Gasteiger partial charge is 0.252 e. The van der Waals surface area contributed by atoms with E-state index in [0.29, 0.717) is 12.1 Å². The van der Waals surface area contributed by atoms with Gasteiger partial charge in [-0.25, -0.2) is 0 Å². The lowest BCUT2D eigenvalue weighted by Gasteiger charge is -2.33. The summed E-state index contributed by atoms with van der Waals surface area (Å²) in [6, 6.07) is 2.20. The molecule has 110 valence electrons. The topological polar surface area (TPSA) is 41.6 Å². The third-order valence-corrected chi connectivity index (χ3v) is 4.88. The van der Waals surface area contributed by atoms with Crippen molar-refractivity contribution >= 4 is 17.2 Å². The maximum absolute atomic E-state index is 12.0. The molecule has 1 aromatic heterocycles. The van der Waals surface area contributed by atoms with Crippen molar-refractivity contribution in [2.24, 2.45) is 0 Å². The summed E-state index contributed by atoms with van der Waals surface area (Å²) in [5.41, 5.74) is 0.789. The molecule has 2 aliphatic rings. The van der Waals surface area contributed by atoms with Gasteiger partial charge in [-0.2, -0.15) is 11.3 Å². The molecule has 0 saturated carbocycles. The first-order valence-corrected chi connectivity index (χ1v) is 8.42. The Morgan fingerprint density at radius 3 is 2.90 bits per heavy atom. The van der Waals surface area contributed by atoms with Crippen LogP contribution in [-0.2, 0) is 4.74 Å². The number of amides is 1. The molecule has 2 saturated heterocycles. The van der Waals surface area contributed by atoms with Gasteiger partial charge in [0.1, 0.15) is 0 Å². The van der Waals surface area contributed by atoms with Crippen LogP contribution in [0.1, 0.15) is 36.0 Å². The number of nitrogens with one attached hydrogen (secondary N) is 1. The van der Waals surface area contributed by atoms with Crippen LogP contribution in [0.25, 0.3) is 0 Å². The van der Waals surface area contributed by atoms with E-state index in [1.165, 1.54) is 12.8 Å². The number of hydrogen-bond acceptors (Lipinski definition) is 4. The van der Waals surface area contributed by atoms with Gasteiger partial charge in [0.25, 0.3) is 5.91 Å². The predicted molar refractivity (Wildman–Crippen MR) is 80.2 cm³/mol. The maximum Gasteiger partial charge on any atom is 0.252 e. The minimum absolute atomic E-state index is 0.0730. The van der Waals surface area contributed by atoms with Gasteiger partial charge in [-0.15, -0.1) is 0 Å². The Morgan fingerprint density at radius 2 is 2.25 bits per heavy atom. The van der Waals surface area contributed by atoms with Crippen molar-refractivity contribution in [1.29, 1.82) is 0 Å². The van der Waals surface area contributed by atoms with Gasteiger partial charge in [0.05, 0.1) is 6.10 Å². The third kappa shape index (κ3) is 3.59. The number of thiophene rings is 1. The van der Waals surface area contributed by atoms with Crippen LogP contribution in [0.5, 0.6) is 0 Å². The first-order valence-electron chi connectivity index (χ1n) is 7.48. The number of rotatable bonds is 4. The van der Waals surface area contributed by atoms with Gasteiger partial charge in [-0.05, 0) is 37.1 Å². The molecule has 1 atom stereocenters. The number of hydrogen-bond donors (Lipinski definition) is 1. The fourth-order valence-corrected chi connectivity index (χ4v) is 3.63. The summed E-state index contributed by atoms with van der Waals surface area (Å²) in [7, 11) is 0. The Bertz CT molecular complexity index is 421. The van der Waals surface area contributed by atoms with Crippen LogP contribution < -0.4 is 5.32 Å². The Morgan fingerprint density at radius 1 is 1.40 bits per heavy atom. The van der Waals surface area contributed by atoms with Crippen molar-refractivity contribution < 1.29 is 9.53 Å². The zero-order valence-electron chi connectivity index (χ0n) is 11.7. The van der Waals surface area contributed by atoms with E-state index in [2.05, 4.69) is 10.2 Å². The average molecular weight is 294 g/mol. The predicted octanol–water partition coefficient (Wildman–Crippen LogP) is 2.12. The van der Waals surface area contributed by atoms with Crippen molar-refractivity contribution in [3.8, 4) is 0 Å². The summed E-state index contributed by atoms with van der Waals surface area (Å²) in [6.45, 7) is 4.12. The van der Waals surface area contributed by atoms with Gasteiger partial charge in [-0.1, -0.05) is 0 Å². The molecule has 1 N–H and O–H groups in total. The van der Waals surface area contributed by atoms with Crippen LogP contribution in [0.15, 0.2) is 16.8 Å². The second-order valence-electron chi connectivity index (χ2n) is 5.70. The Balaban J connectivity index is 1.40. The van der Waals surface area contributed by atoms with E-state index in [1.54, 1.807) is 11.3 Å². The minimum Gasteiger partial charge on any atom is -0.377 e. The van der Waals surface area contributed by atoms with Crippen molar-refractivity contribution in [3.63, 3.8) is 0 Å². The first-order chi connectivity index (χ1) is 9.81. The summed E-state index contributed by atoms with van der Waals surface area (Å²) >= 11 is 1.57. The van der Waals surface area contributed by atoms with E-state index in [-0.39, 0.29) is 5.91 Å². The third-order valence-electron chi connectivity index (χ3n) is 4.19. The van der Waals surface area contributed by atoms with Gasteiger partial charge < -0.3 is 15.0 Å². The number of carbonyl (C=O) groups is 1. The van der Waals surface area contributed by atoms with E-state index in [9.17, 15) is 4.79 Å². The van der Waals surface area contributed by atoms with Gasteiger partial charge in [0, 0.05) is 43.2 Å². The van der Waals surface area contributed by atoms with Crippen molar-refractivity contribution in [1.82, 2.24) is 10.2 Å². The molecule has 3 rings (SSSR count). The summed E-state index contributed by atoms with van der Waals surface area (Å²) in [6.07, 6.45) is 4.93. The molecule has 1 aromatic rings. The molecule has 0 radical (unpaired) electrons. The lowest BCUT2D eigenvalue weighted by atomic mass is 10.0. The number of carbonyl (C=O) groups excluding carboxylic acids is 1. The molecule has 0 spiro atoms. The number of ether oxygens (including phenoxy) is 1. The highest BCUT2D eigenvalue weighted by molar-refractivity contribution is 7.08. The Kier molecular flexibility index (Phi) is 4.70. The van der Waals surface area contributed by atoms with E-state index >= 15 is 0 Å². The van der Waals surface area contributed by atoms with Crippen molar-refractivity contribution in [2.45, 2.75) is 37.8 Å². The summed E-state index contributed by atoms with van der Waals surface area (Å²) in [5, 5.41) is 6.99. The number of likely N-dealkylation sites (tertiary alicyclic amines) is 1. The molecule has 0 aliphatic carbocycles. The zero-order chi connectivity index (χ0) is 13.8. The highest BCUT2D eigenvalue weighted by Gasteiger charge is 2.24. The van der Waals surface area contributed by atoms with Crippen LogP contribution in [0.3, 0.4) is 0 Å². The molecule has 2 fully saturated rings. The van der Waals surface area contributed by atoms with Crippen LogP contribution in [0.2, 0.25) is 0 Å². The highest BCUT2D eigenvalue weighted by Crippen LogP contribution is 2.17. The normalized spacial score (nSPS) is 24.9. The molecule has 0 bridgehead atoms. The number of nitrogens with zero attached hydrogens (tertiary/aromatic N) is 1. The minimum atomic E-state index is 0.0730. The fraction of sp³-hybridized carbons (Fsp3) is 0.667. The van der Waals surface area contributed by atoms with E-state index < -0.39 is 0 Å². The first kappa shape index (κ1) is 14.0. The van der Waals surface area contributed by atoms with E-state index in [0.717, 1.165) is 44.6 Å². The lowest BCUT2D eigenvalue weighted by Crippen LogP contribution is -2.46. The van der Waals surface area contributed by atoms with E-state index in [4.69, 9.17) is 4.74 Å². The molecule has 5 heteroatoms. The number of piperidine rings is 1. The SMILES string of the molecule is O=C(NC1CCN(CC2CCCO2)CC1)c1ccsc1. The molecule has 3 heterocycles. The molecular weight excluding hydrogens is 272 g/mol. The van der Waals surface area contributed by atoms with Crippen molar-refractivity contribution in [2.75, 3.05) is 26.2 Å². The van der Waals surface area contributed by atoms with Crippen LogP contribution in [0.4, 0.5) is 0 Å². The monoisotopic (exact) mass is 294 g/mol.